The van der Waals surface area contributed by atoms with Crippen LogP contribution >= 0.6 is 0 Å². The molecule has 20 heavy (non-hydrogen) atoms. The second-order valence-electron chi connectivity index (χ2n) is 4.48. The van der Waals surface area contributed by atoms with Crippen molar-refractivity contribution < 1.29 is 24.3 Å². The van der Waals surface area contributed by atoms with Crippen LogP contribution in [-0.2, 0) is 14.4 Å². The van der Waals surface area contributed by atoms with E-state index in [-0.39, 0.29) is 5.91 Å². The first-order valence-corrected chi connectivity index (χ1v) is 6.16. The number of likely N-dealkylation sites (N-methyl/N-ethyl adjacent to an activating group) is 1. The summed E-state index contributed by atoms with van der Waals surface area (Å²) in [7, 11) is 1.46. The second kappa shape index (κ2) is 6.73. The van der Waals surface area contributed by atoms with Crippen molar-refractivity contribution in [3.8, 4) is 0 Å². The summed E-state index contributed by atoms with van der Waals surface area (Å²) in [4.78, 5) is 46.6. The first kappa shape index (κ1) is 15.7. The normalized spacial score (nSPS) is 19.2. The van der Waals surface area contributed by atoms with Crippen molar-refractivity contribution in [1.29, 1.82) is 0 Å². The van der Waals surface area contributed by atoms with Crippen LogP contribution in [0.5, 0.6) is 0 Å². The van der Waals surface area contributed by atoms with Gasteiger partial charge in [0.1, 0.15) is 12.1 Å². The topological polar surface area (TPSA) is 142 Å². The van der Waals surface area contributed by atoms with E-state index in [1.807, 2.05) is 0 Å². The van der Waals surface area contributed by atoms with E-state index in [1.165, 1.54) is 11.9 Å². The number of carbonyl (C=O) groups excluding carboxylic acids is 3. The maximum Gasteiger partial charge on any atom is 0.326 e. The van der Waals surface area contributed by atoms with Gasteiger partial charge in [-0.05, 0) is 12.8 Å². The Balaban J connectivity index is 2.70. The molecule has 2 atom stereocenters. The van der Waals surface area contributed by atoms with Gasteiger partial charge < -0.3 is 26.4 Å². The quantitative estimate of drug-likeness (QED) is 0.473. The van der Waals surface area contributed by atoms with Crippen molar-refractivity contribution in [2.24, 2.45) is 5.73 Å². The molecule has 0 aromatic heterocycles. The lowest BCUT2D eigenvalue weighted by molar-refractivity contribution is -0.140. The number of carbonyl (C=O) groups is 4. The summed E-state index contributed by atoms with van der Waals surface area (Å²) >= 11 is 0. The molecule has 9 nitrogen and oxygen atoms in total. The van der Waals surface area contributed by atoms with Crippen molar-refractivity contribution in [2.45, 2.75) is 31.3 Å². The molecule has 0 spiro atoms. The van der Waals surface area contributed by atoms with Crippen LogP contribution in [0.25, 0.3) is 0 Å². The van der Waals surface area contributed by atoms with Crippen LogP contribution in [-0.4, -0.2) is 59.5 Å². The van der Waals surface area contributed by atoms with Gasteiger partial charge in [-0.1, -0.05) is 0 Å². The van der Waals surface area contributed by atoms with Gasteiger partial charge in [-0.25, -0.2) is 9.59 Å². The van der Waals surface area contributed by atoms with Crippen LogP contribution in [0.3, 0.4) is 0 Å². The van der Waals surface area contributed by atoms with E-state index in [1.54, 1.807) is 0 Å². The maximum absolute atomic E-state index is 12.0. The molecule has 0 bridgehead atoms. The van der Waals surface area contributed by atoms with Gasteiger partial charge in [-0.3, -0.25) is 9.59 Å². The summed E-state index contributed by atoms with van der Waals surface area (Å²) in [6.45, 7) is 0.354. The number of aliphatic carboxylic acids is 1. The van der Waals surface area contributed by atoms with Crippen LogP contribution in [0.4, 0.5) is 4.79 Å². The zero-order chi connectivity index (χ0) is 15.3. The molecule has 0 saturated carbocycles. The Morgan fingerprint density at radius 2 is 2.05 bits per heavy atom. The van der Waals surface area contributed by atoms with E-state index in [2.05, 4.69) is 10.6 Å². The summed E-state index contributed by atoms with van der Waals surface area (Å²) in [6, 6.07) is -2.71. The predicted octanol–water partition coefficient (Wildman–Crippen LogP) is -1.76. The Hall–Kier alpha value is -2.32. The van der Waals surface area contributed by atoms with Gasteiger partial charge in [-0.15, -0.1) is 0 Å². The van der Waals surface area contributed by atoms with E-state index < -0.39 is 36.4 Å². The number of hydrogen-bond donors (Lipinski definition) is 4. The van der Waals surface area contributed by atoms with Crippen molar-refractivity contribution in [2.75, 3.05) is 13.6 Å². The van der Waals surface area contributed by atoms with Crippen molar-refractivity contribution in [1.82, 2.24) is 15.5 Å². The Bertz CT molecular complexity index is 425. The fourth-order valence-corrected chi connectivity index (χ4v) is 2.08. The summed E-state index contributed by atoms with van der Waals surface area (Å²) in [6.07, 6.45) is 0.666. The Morgan fingerprint density at radius 3 is 2.55 bits per heavy atom. The monoisotopic (exact) mass is 286 g/mol. The fourth-order valence-electron chi connectivity index (χ4n) is 2.08. The highest BCUT2D eigenvalue weighted by Crippen LogP contribution is 2.17. The minimum absolute atomic E-state index is 0.306. The van der Waals surface area contributed by atoms with E-state index in [9.17, 15) is 19.2 Å². The first-order chi connectivity index (χ1) is 9.36. The Morgan fingerprint density at radius 1 is 1.40 bits per heavy atom. The Kier molecular flexibility index (Phi) is 5.30. The van der Waals surface area contributed by atoms with E-state index >= 15 is 0 Å². The van der Waals surface area contributed by atoms with Gasteiger partial charge in [0, 0.05) is 13.6 Å². The molecule has 1 aliphatic heterocycles. The van der Waals surface area contributed by atoms with Crippen LogP contribution in [0, 0.1) is 0 Å². The highest BCUT2D eigenvalue weighted by molar-refractivity contribution is 5.90. The number of primary amides is 1. The molecule has 1 heterocycles. The smallest absolute Gasteiger partial charge is 0.326 e. The van der Waals surface area contributed by atoms with E-state index in [0.717, 1.165) is 0 Å². The molecule has 0 radical (unpaired) electrons. The van der Waals surface area contributed by atoms with Crippen LogP contribution in [0.15, 0.2) is 0 Å². The third kappa shape index (κ3) is 3.84. The first-order valence-electron chi connectivity index (χ1n) is 6.16. The number of likely N-dealkylation sites (tertiary alicyclic amines) is 1. The highest BCUT2D eigenvalue weighted by Gasteiger charge is 2.35. The zero-order valence-electron chi connectivity index (χ0n) is 11.1. The summed E-state index contributed by atoms with van der Waals surface area (Å²) in [5.74, 6) is -2.49. The largest absolute Gasteiger partial charge is 0.480 e. The zero-order valence-corrected chi connectivity index (χ0v) is 11.1. The number of hydrogen-bond acceptors (Lipinski definition) is 4. The van der Waals surface area contributed by atoms with E-state index in [0.29, 0.717) is 19.4 Å². The molecular formula is C11H18N4O5. The van der Waals surface area contributed by atoms with Gasteiger partial charge in [0.15, 0.2) is 0 Å². The molecule has 0 aromatic carbocycles. The molecule has 0 aromatic rings. The molecule has 1 rings (SSSR count). The van der Waals surface area contributed by atoms with Gasteiger partial charge in [0.25, 0.3) is 0 Å². The third-order valence-electron chi connectivity index (χ3n) is 3.06. The molecule has 1 aliphatic rings. The average Bonchev–Trinajstić information content (AvgIpc) is 2.85. The SMILES string of the molecule is CNC(=O)C1CCCN1C(=O)NC(CC(N)=O)C(=O)O. The Labute approximate surface area is 115 Å². The van der Waals surface area contributed by atoms with Crippen LogP contribution < -0.4 is 16.4 Å². The van der Waals surface area contributed by atoms with Crippen LogP contribution in [0.1, 0.15) is 19.3 Å². The minimum Gasteiger partial charge on any atom is -0.480 e. The lowest BCUT2D eigenvalue weighted by Gasteiger charge is -2.25. The van der Waals surface area contributed by atoms with Gasteiger partial charge in [0.05, 0.1) is 6.42 Å². The van der Waals surface area contributed by atoms with Crippen molar-refractivity contribution in [3.63, 3.8) is 0 Å². The number of nitrogens with one attached hydrogen (secondary N) is 2. The molecule has 2 unspecified atom stereocenters. The molecule has 112 valence electrons. The lowest BCUT2D eigenvalue weighted by atomic mass is 10.2. The van der Waals surface area contributed by atoms with Crippen molar-refractivity contribution in [3.05, 3.63) is 0 Å². The summed E-state index contributed by atoms with van der Waals surface area (Å²) < 4.78 is 0. The number of nitrogens with two attached hydrogens (primary N) is 1. The lowest BCUT2D eigenvalue weighted by Crippen LogP contribution is -2.53. The molecule has 1 saturated heterocycles. The summed E-state index contributed by atoms with van der Waals surface area (Å²) in [5, 5.41) is 13.6. The minimum atomic E-state index is -1.40. The fraction of sp³-hybridized carbons (Fsp3) is 0.636. The molecule has 5 N–H and O–H groups in total. The second-order valence-corrected chi connectivity index (χ2v) is 4.48. The number of carboxylic acids is 1. The van der Waals surface area contributed by atoms with Crippen molar-refractivity contribution >= 4 is 23.8 Å². The number of rotatable bonds is 5. The molecular weight excluding hydrogens is 268 g/mol. The summed E-state index contributed by atoms with van der Waals surface area (Å²) in [5.41, 5.74) is 4.93. The average molecular weight is 286 g/mol. The van der Waals surface area contributed by atoms with Gasteiger partial charge in [0.2, 0.25) is 11.8 Å². The molecule has 0 aliphatic carbocycles. The van der Waals surface area contributed by atoms with Gasteiger partial charge >= 0.3 is 12.0 Å². The van der Waals surface area contributed by atoms with Gasteiger partial charge in [-0.2, -0.15) is 0 Å². The number of urea groups is 1. The number of amides is 4. The van der Waals surface area contributed by atoms with E-state index in [4.69, 9.17) is 10.8 Å². The highest BCUT2D eigenvalue weighted by atomic mass is 16.4. The number of nitrogens with zero attached hydrogens (tertiary/aromatic N) is 1. The molecule has 4 amide bonds. The standard InChI is InChI=1S/C11H18N4O5/c1-13-9(17)7-3-2-4-15(7)11(20)14-6(10(18)19)5-8(12)16/h6-7H,2-5H2,1H3,(H2,12,16)(H,13,17)(H,14,20)(H,18,19). The van der Waals surface area contributed by atoms with Crippen LogP contribution in [0.2, 0.25) is 0 Å². The third-order valence-corrected chi connectivity index (χ3v) is 3.06. The maximum atomic E-state index is 12.0. The molecule has 9 heteroatoms. The predicted molar refractivity (Wildman–Crippen MR) is 67.6 cm³/mol. The molecule has 1 fully saturated rings. The number of carboxylic acid groups (broad SMARTS) is 1.